The number of non-ortho nitro benzene ring substituents is 1. The molecule has 0 aromatic heterocycles. The first-order valence-corrected chi connectivity index (χ1v) is 5.16. The summed E-state index contributed by atoms with van der Waals surface area (Å²) in [4.78, 5) is 20.0. The molecule has 0 atom stereocenters. The Hall–Kier alpha value is -2.62. The van der Waals surface area contributed by atoms with E-state index in [1.54, 1.807) is 0 Å². The average molecular weight is 249 g/mol. The molecule has 7 heteroatoms. The molecule has 0 saturated carbocycles. The van der Waals surface area contributed by atoms with E-state index in [9.17, 15) is 20.2 Å². The summed E-state index contributed by atoms with van der Waals surface area (Å²) in [7, 11) is 0. The largest absolute Gasteiger partial charge is 0.379 e. The van der Waals surface area contributed by atoms with Gasteiger partial charge in [-0.2, -0.15) is 0 Å². The number of terminal acetylenes is 1. The smallest absolute Gasteiger partial charge is 0.299 e. The molecule has 1 aromatic carbocycles. The lowest BCUT2D eigenvalue weighted by molar-refractivity contribution is -0.393. The van der Waals surface area contributed by atoms with E-state index in [1.165, 1.54) is 12.1 Å². The van der Waals surface area contributed by atoms with Gasteiger partial charge in [0.15, 0.2) is 0 Å². The maximum absolute atomic E-state index is 10.8. The molecule has 0 aliphatic carbocycles. The highest BCUT2D eigenvalue weighted by Gasteiger charge is 2.18. The van der Waals surface area contributed by atoms with E-state index in [4.69, 9.17) is 6.42 Å². The third-order valence-corrected chi connectivity index (χ3v) is 2.20. The molecule has 0 aliphatic rings. The van der Waals surface area contributed by atoms with Crippen LogP contribution in [-0.4, -0.2) is 16.4 Å². The number of nitrogens with zero attached hydrogens (tertiary/aromatic N) is 2. The van der Waals surface area contributed by atoms with Gasteiger partial charge in [0.05, 0.1) is 15.9 Å². The topological polar surface area (TPSA) is 98.3 Å². The summed E-state index contributed by atoms with van der Waals surface area (Å²) >= 11 is 0. The molecule has 0 amide bonds. The summed E-state index contributed by atoms with van der Waals surface area (Å²) < 4.78 is 0. The van der Waals surface area contributed by atoms with Gasteiger partial charge in [-0.25, -0.2) is 0 Å². The lowest BCUT2D eigenvalue weighted by Crippen LogP contribution is -2.04. The van der Waals surface area contributed by atoms with Gasteiger partial charge in [-0.3, -0.25) is 20.2 Å². The van der Waals surface area contributed by atoms with Crippen molar-refractivity contribution in [3.63, 3.8) is 0 Å². The molecule has 0 radical (unpaired) electrons. The number of nitro groups is 2. The Bertz CT molecular complexity index is 508. The molecule has 0 aliphatic heterocycles. The number of nitrogens with one attached hydrogen (secondary N) is 1. The molecule has 0 fully saturated rings. The highest BCUT2D eigenvalue weighted by atomic mass is 16.6. The van der Waals surface area contributed by atoms with E-state index in [2.05, 4.69) is 11.2 Å². The number of benzene rings is 1. The fourth-order valence-corrected chi connectivity index (χ4v) is 1.35. The lowest BCUT2D eigenvalue weighted by Gasteiger charge is -2.05. The normalized spacial score (nSPS) is 9.50. The molecule has 1 aromatic rings. The molecule has 1 rings (SSSR count). The van der Waals surface area contributed by atoms with Gasteiger partial charge in [0.1, 0.15) is 5.69 Å². The first kappa shape index (κ1) is 13.4. The minimum absolute atomic E-state index is 0.252. The monoisotopic (exact) mass is 249 g/mol. The molecule has 18 heavy (non-hydrogen) atoms. The van der Waals surface area contributed by atoms with Gasteiger partial charge < -0.3 is 5.32 Å². The number of unbranched alkanes of at least 4 members (excludes halogenated alkanes) is 1. The molecular weight excluding hydrogens is 238 g/mol. The first-order valence-electron chi connectivity index (χ1n) is 5.16. The van der Waals surface area contributed by atoms with E-state index in [-0.39, 0.29) is 17.1 Å². The summed E-state index contributed by atoms with van der Waals surface area (Å²) in [6, 6.07) is 3.48. The van der Waals surface area contributed by atoms with Gasteiger partial charge >= 0.3 is 0 Å². The average Bonchev–Trinajstić information content (AvgIpc) is 2.34. The van der Waals surface area contributed by atoms with Gasteiger partial charge in [-0.1, -0.05) is 0 Å². The van der Waals surface area contributed by atoms with Crippen molar-refractivity contribution in [1.82, 2.24) is 0 Å². The molecule has 0 heterocycles. The van der Waals surface area contributed by atoms with Crippen LogP contribution in [0.15, 0.2) is 18.2 Å². The zero-order valence-electron chi connectivity index (χ0n) is 9.46. The van der Waals surface area contributed by atoms with E-state index in [0.29, 0.717) is 19.4 Å². The van der Waals surface area contributed by atoms with Crippen LogP contribution in [0, 0.1) is 32.6 Å². The van der Waals surface area contributed by atoms with Crippen LogP contribution in [-0.2, 0) is 0 Å². The molecule has 1 N–H and O–H groups in total. The molecule has 7 nitrogen and oxygen atoms in total. The Morgan fingerprint density at radius 1 is 1.28 bits per heavy atom. The lowest BCUT2D eigenvalue weighted by atomic mass is 10.2. The summed E-state index contributed by atoms with van der Waals surface area (Å²) in [6.07, 6.45) is 6.31. The highest BCUT2D eigenvalue weighted by molar-refractivity contribution is 5.65. The minimum atomic E-state index is -0.672. The number of anilines is 1. The Kier molecular flexibility index (Phi) is 4.63. The molecule has 0 saturated heterocycles. The fourth-order valence-electron chi connectivity index (χ4n) is 1.35. The number of hydrogen-bond donors (Lipinski definition) is 1. The minimum Gasteiger partial charge on any atom is -0.379 e. The Labute approximate surface area is 103 Å². The summed E-state index contributed by atoms with van der Waals surface area (Å²) in [6.45, 7) is 0.475. The van der Waals surface area contributed by atoms with Crippen LogP contribution in [0.25, 0.3) is 0 Å². The Morgan fingerprint density at radius 3 is 2.56 bits per heavy atom. The van der Waals surface area contributed by atoms with Crippen molar-refractivity contribution in [1.29, 1.82) is 0 Å². The molecule has 0 spiro atoms. The van der Waals surface area contributed by atoms with Gasteiger partial charge in [-0.15, -0.1) is 12.3 Å². The van der Waals surface area contributed by atoms with Crippen LogP contribution in [0.2, 0.25) is 0 Å². The van der Waals surface area contributed by atoms with E-state index < -0.39 is 9.85 Å². The summed E-state index contributed by atoms with van der Waals surface area (Å²) in [5.41, 5.74) is -0.372. The van der Waals surface area contributed by atoms with E-state index >= 15 is 0 Å². The SMILES string of the molecule is C#CCCCNc1ccc([N+](=O)[O-])cc1[N+](=O)[O-]. The summed E-state index contributed by atoms with van der Waals surface area (Å²) in [5, 5.41) is 24.2. The maximum Gasteiger partial charge on any atom is 0.299 e. The second-order valence-electron chi connectivity index (χ2n) is 3.45. The second kappa shape index (κ2) is 6.20. The van der Waals surface area contributed by atoms with Crippen molar-refractivity contribution in [2.75, 3.05) is 11.9 Å². The van der Waals surface area contributed by atoms with Crippen molar-refractivity contribution in [2.45, 2.75) is 12.8 Å². The highest BCUT2D eigenvalue weighted by Crippen LogP contribution is 2.28. The molecule has 94 valence electrons. The van der Waals surface area contributed by atoms with Crippen LogP contribution in [0.5, 0.6) is 0 Å². The van der Waals surface area contributed by atoms with Crippen molar-refractivity contribution < 1.29 is 9.85 Å². The Morgan fingerprint density at radius 2 is 2.00 bits per heavy atom. The van der Waals surface area contributed by atoms with E-state index in [0.717, 1.165) is 6.07 Å². The number of hydrogen-bond acceptors (Lipinski definition) is 5. The van der Waals surface area contributed by atoms with Gasteiger partial charge in [0.25, 0.3) is 11.4 Å². The Balaban J connectivity index is 2.87. The van der Waals surface area contributed by atoms with Crippen molar-refractivity contribution in [3.05, 3.63) is 38.4 Å². The van der Waals surface area contributed by atoms with Crippen LogP contribution in [0.1, 0.15) is 12.8 Å². The standard InChI is InChI=1S/C11H11N3O4/c1-2-3-4-7-12-10-6-5-9(13(15)16)8-11(10)14(17)18/h1,5-6,8,12H,3-4,7H2. The van der Waals surface area contributed by atoms with Gasteiger partial charge in [0, 0.05) is 19.0 Å². The number of nitro benzene ring substituents is 2. The maximum atomic E-state index is 10.8. The van der Waals surface area contributed by atoms with E-state index in [1.807, 2.05) is 0 Å². The number of rotatable bonds is 6. The zero-order valence-corrected chi connectivity index (χ0v) is 9.46. The molecule has 0 unspecified atom stereocenters. The summed E-state index contributed by atoms with van der Waals surface area (Å²) in [5.74, 6) is 2.45. The van der Waals surface area contributed by atoms with Crippen LogP contribution >= 0.6 is 0 Å². The second-order valence-corrected chi connectivity index (χ2v) is 3.45. The van der Waals surface area contributed by atoms with Crippen molar-refractivity contribution >= 4 is 17.1 Å². The van der Waals surface area contributed by atoms with Gasteiger partial charge in [0.2, 0.25) is 0 Å². The quantitative estimate of drug-likeness (QED) is 0.361. The predicted octanol–water partition coefficient (Wildman–Crippen LogP) is 2.33. The molecular formula is C11H11N3O4. The van der Waals surface area contributed by atoms with Crippen LogP contribution in [0.4, 0.5) is 17.1 Å². The predicted molar refractivity (Wildman–Crippen MR) is 66.3 cm³/mol. The zero-order chi connectivity index (χ0) is 13.5. The third kappa shape index (κ3) is 3.45. The van der Waals surface area contributed by atoms with Gasteiger partial charge in [-0.05, 0) is 12.5 Å². The van der Waals surface area contributed by atoms with Crippen molar-refractivity contribution in [3.8, 4) is 12.3 Å². The molecule has 0 bridgehead atoms. The fraction of sp³-hybridized carbons (Fsp3) is 0.273. The van der Waals surface area contributed by atoms with Crippen LogP contribution in [0.3, 0.4) is 0 Å². The van der Waals surface area contributed by atoms with Crippen molar-refractivity contribution in [2.24, 2.45) is 0 Å². The van der Waals surface area contributed by atoms with Crippen LogP contribution < -0.4 is 5.32 Å². The first-order chi connectivity index (χ1) is 8.56. The third-order valence-electron chi connectivity index (χ3n) is 2.20.